The largest absolute Gasteiger partial charge is 0.405 e. The topological polar surface area (TPSA) is 78.4 Å². The van der Waals surface area contributed by atoms with Crippen molar-refractivity contribution in [1.29, 1.82) is 0 Å². The molecule has 1 atom stereocenters. The minimum absolute atomic E-state index is 0.388. The Balaban J connectivity index is 2.54. The second kappa shape index (κ2) is 8.52. The van der Waals surface area contributed by atoms with Crippen molar-refractivity contribution in [2.24, 2.45) is 0 Å². The molecule has 0 fully saturated rings. The molecule has 0 heterocycles. The molecule has 1 unspecified atom stereocenters. The number of halogens is 3. The molecule has 1 aromatic rings. The Hall–Kier alpha value is -2.09. The molecule has 0 aromatic heterocycles. The zero-order chi connectivity index (χ0) is 17.5. The van der Waals surface area contributed by atoms with Crippen molar-refractivity contribution in [1.82, 2.24) is 10.6 Å². The first-order valence-corrected chi connectivity index (χ1v) is 7.07. The van der Waals surface area contributed by atoms with Crippen molar-refractivity contribution in [3.63, 3.8) is 0 Å². The zero-order valence-corrected chi connectivity index (χ0v) is 12.6. The highest BCUT2D eigenvalue weighted by Crippen LogP contribution is 2.14. The summed E-state index contributed by atoms with van der Waals surface area (Å²) in [5.41, 5.74) is 1.73. The first-order chi connectivity index (χ1) is 10.7. The van der Waals surface area contributed by atoms with Gasteiger partial charge in [0.05, 0.1) is 12.6 Å². The molecule has 0 bridgehead atoms. The molecule has 3 N–H and O–H groups in total. The van der Waals surface area contributed by atoms with Crippen LogP contribution in [0.15, 0.2) is 24.3 Å². The molecule has 128 valence electrons. The number of hydrogen-bond donors (Lipinski definition) is 3. The lowest BCUT2D eigenvalue weighted by molar-refractivity contribution is -0.141. The lowest BCUT2D eigenvalue weighted by Crippen LogP contribution is -2.38. The van der Waals surface area contributed by atoms with Crippen molar-refractivity contribution < 1.29 is 27.9 Å². The third-order valence-electron chi connectivity index (χ3n) is 3.12. The molecule has 0 saturated heterocycles. The van der Waals surface area contributed by atoms with Gasteiger partial charge in [-0.25, -0.2) is 0 Å². The number of amides is 2. The molecule has 2 amide bonds. The maximum Gasteiger partial charge on any atom is 0.405 e. The number of alkyl halides is 3. The molecule has 1 aromatic carbocycles. The Morgan fingerprint density at radius 1 is 1.17 bits per heavy atom. The number of hydrogen-bond acceptors (Lipinski definition) is 3. The Kier molecular flexibility index (Phi) is 7.02. The summed E-state index contributed by atoms with van der Waals surface area (Å²) in [5, 5.41) is 13.4. The van der Waals surface area contributed by atoms with Gasteiger partial charge in [-0.3, -0.25) is 9.59 Å². The summed E-state index contributed by atoms with van der Waals surface area (Å²) in [6, 6.07) is 6.46. The summed E-state index contributed by atoms with van der Waals surface area (Å²) in [6.45, 7) is 0.113. The lowest BCUT2D eigenvalue weighted by Gasteiger charge is -2.17. The monoisotopic (exact) mass is 332 g/mol. The molecule has 0 saturated carbocycles. The van der Waals surface area contributed by atoms with Gasteiger partial charge in [-0.1, -0.05) is 31.2 Å². The van der Waals surface area contributed by atoms with Gasteiger partial charge in [0.2, 0.25) is 11.8 Å². The molecule has 5 nitrogen and oxygen atoms in total. The quantitative estimate of drug-likeness (QED) is 0.662. The molecule has 0 aliphatic carbocycles. The fraction of sp³-hybridized carbons (Fsp3) is 0.467. The Labute approximate surface area is 131 Å². The number of nitrogens with one attached hydrogen (secondary N) is 2. The molecular weight excluding hydrogens is 313 g/mol. The highest BCUT2D eigenvalue weighted by atomic mass is 19.4. The Morgan fingerprint density at radius 2 is 1.78 bits per heavy atom. The first-order valence-electron chi connectivity index (χ1n) is 7.07. The predicted molar refractivity (Wildman–Crippen MR) is 77.5 cm³/mol. The van der Waals surface area contributed by atoms with Crippen molar-refractivity contribution in [2.45, 2.75) is 32.0 Å². The highest BCUT2D eigenvalue weighted by Gasteiger charge is 2.28. The molecule has 0 aliphatic rings. The molecule has 0 aliphatic heterocycles. The van der Waals surface area contributed by atoms with Crippen LogP contribution in [0, 0.1) is 0 Å². The van der Waals surface area contributed by atoms with Crippen LogP contribution < -0.4 is 10.6 Å². The van der Waals surface area contributed by atoms with E-state index in [2.05, 4.69) is 5.32 Å². The van der Waals surface area contributed by atoms with E-state index < -0.39 is 37.0 Å². The van der Waals surface area contributed by atoms with Gasteiger partial charge in [0.1, 0.15) is 13.0 Å². The van der Waals surface area contributed by atoms with E-state index in [9.17, 15) is 27.9 Å². The van der Waals surface area contributed by atoms with Crippen LogP contribution in [0.2, 0.25) is 0 Å². The van der Waals surface area contributed by atoms with Crippen molar-refractivity contribution >= 4 is 11.8 Å². The van der Waals surface area contributed by atoms with Crippen LogP contribution in [0.3, 0.4) is 0 Å². The van der Waals surface area contributed by atoms with Crippen LogP contribution in [-0.2, 0) is 16.0 Å². The average Bonchev–Trinajstić information content (AvgIpc) is 2.50. The molecule has 23 heavy (non-hydrogen) atoms. The van der Waals surface area contributed by atoms with E-state index in [0.717, 1.165) is 12.0 Å². The van der Waals surface area contributed by atoms with Crippen molar-refractivity contribution in [3.8, 4) is 0 Å². The molecule has 1 rings (SSSR count). The van der Waals surface area contributed by atoms with Crippen LogP contribution in [0.5, 0.6) is 0 Å². The van der Waals surface area contributed by atoms with E-state index in [0.29, 0.717) is 5.56 Å². The summed E-state index contributed by atoms with van der Waals surface area (Å²) >= 11 is 0. The van der Waals surface area contributed by atoms with E-state index in [-0.39, 0.29) is 6.61 Å². The number of aryl methyl sites for hydroxylation is 1. The van der Waals surface area contributed by atoms with Gasteiger partial charge in [-0.05, 0) is 17.5 Å². The van der Waals surface area contributed by atoms with Crippen LogP contribution in [0.25, 0.3) is 0 Å². The number of aliphatic hydroxyl groups excluding tert-OH is 1. The van der Waals surface area contributed by atoms with Crippen LogP contribution in [-0.4, -0.2) is 36.2 Å². The molecule has 0 spiro atoms. The fourth-order valence-corrected chi connectivity index (χ4v) is 1.87. The van der Waals surface area contributed by atoms with Gasteiger partial charge in [0, 0.05) is 0 Å². The molecular formula is C15H19F3N2O3. The molecule has 0 radical (unpaired) electrons. The first kappa shape index (κ1) is 19.0. The zero-order valence-electron chi connectivity index (χ0n) is 12.6. The third kappa shape index (κ3) is 7.14. The summed E-state index contributed by atoms with van der Waals surface area (Å²) in [6.07, 6.45) is -4.42. The summed E-state index contributed by atoms with van der Waals surface area (Å²) in [7, 11) is 0. The average molecular weight is 332 g/mol. The number of rotatable bonds is 7. The highest BCUT2D eigenvalue weighted by molar-refractivity contribution is 5.97. The Bertz CT molecular complexity index is 530. The minimum Gasteiger partial charge on any atom is -0.394 e. The van der Waals surface area contributed by atoms with Gasteiger partial charge in [0.15, 0.2) is 0 Å². The summed E-state index contributed by atoms with van der Waals surface area (Å²) < 4.78 is 35.9. The van der Waals surface area contributed by atoms with E-state index >= 15 is 0 Å². The smallest absolute Gasteiger partial charge is 0.394 e. The maximum absolute atomic E-state index is 12.0. The number of carbonyl (C=O) groups is 2. The number of carbonyl (C=O) groups excluding carboxylic acids is 2. The summed E-state index contributed by atoms with van der Waals surface area (Å²) in [5.74, 6) is -1.79. The normalized spacial score (nSPS) is 12.6. The second-order valence-corrected chi connectivity index (χ2v) is 4.97. The number of aliphatic hydroxyl groups is 1. The molecule has 8 heteroatoms. The number of benzene rings is 1. The van der Waals surface area contributed by atoms with Gasteiger partial charge in [0.25, 0.3) is 0 Å². The van der Waals surface area contributed by atoms with Crippen LogP contribution in [0.1, 0.15) is 30.5 Å². The van der Waals surface area contributed by atoms with E-state index in [1.54, 1.807) is 17.4 Å². The van der Waals surface area contributed by atoms with Crippen LogP contribution in [0.4, 0.5) is 13.2 Å². The van der Waals surface area contributed by atoms with Gasteiger partial charge in [-0.2, -0.15) is 13.2 Å². The standard InChI is InChI=1S/C15H19F3N2O3/c1-2-10-3-5-11(6-4-10)12(8-21)20-14(23)7-13(22)19-9-15(16,17)18/h3-6,12,21H,2,7-9H2,1H3,(H,19,22)(H,20,23). The van der Waals surface area contributed by atoms with E-state index in [4.69, 9.17) is 0 Å². The van der Waals surface area contributed by atoms with Gasteiger partial charge >= 0.3 is 6.18 Å². The summed E-state index contributed by atoms with van der Waals surface area (Å²) in [4.78, 5) is 22.9. The lowest BCUT2D eigenvalue weighted by atomic mass is 10.0. The van der Waals surface area contributed by atoms with Gasteiger partial charge in [-0.15, -0.1) is 0 Å². The minimum atomic E-state index is -4.53. The maximum atomic E-state index is 12.0. The van der Waals surface area contributed by atoms with Crippen molar-refractivity contribution in [2.75, 3.05) is 13.2 Å². The van der Waals surface area contributed by atoms with E-state index in [1.807, 2.05) is 19.1 Å². The van der Waals surface area contributed by atoms with Crippen molar-refractivity contribution in [3.05, 3.63) is 35.4 Å². The SMILES string of the molecule is CCc1ccc(C(CO)NC(=O)CC(=O)NCC(F)(F)F)cc1. The van der Waals surface area contributed by atoms with Crippen LogP contribution >= 0.6 is 0 Å². The van der Waals surface area contributed by atoms with Gasteiger partial charge < -0.3 is 15.7 Å². The second-order valence-electron chi connectivity index (χ2n) is 4.97. The van der Waals surface area contributed by atoms with E-state index in [1.165, 1.54) is 0 Å². The predicted octanol–water partition coefficient (Wildman–Crippen LogP) is 1.47. The third-order valence-corrected chi connectivity index (χ3v) is 3.12. The fourth-order valence-electron chi connectivity index (χ4n) is 1.87. The Morgan fingerprint density at radius 3 is 2.26 bits per heavy atom.